The summed E-state index contributed by atoms with van der Waals surface area (Å²) in [4.78, 5) is 27.4. The molecule has 2 aromatic rings. The second-order valence-electron chi connectivity index (χ2n) is 5.22. The van der Waals surface area contributed by atoms with Crippen LogP contribution in [0.4, 0.5) is 6.01 Å². The molecule has 0 bridgehead atoms. The summed E-state index contributed by atoms with van der Waals surface area (Å²) in [5, 5.41) is 5.22. The Balaban J connectivity index is 1.41. The van der Waals surface area contributed by atoms with Gasteiger partial charge in [0.15, 0.2) is 5.69 Å². The smallest absolute Gasteiger partial charge is 0.302 e. The van der Waals surface area contributed by atoms with Crippen LogP contribution in [0.25, 0.3) is 0 Å². The van der Waals surface area contributed by atoms with E-state index in [9.17, 15) is 9.59 Å². The summed E-state index contributed by atoms with van der Waals surface area (Å²) in [6, 6.07) is 9.38. The van der Waals surface area contributed by atoms with Gasteiger partial charge >= 0.3 is 6.01 Å². The van der Waals surface area contributed by atoms with Crippen molar-refractivity contribution in [2.24, 2.45) is 5.92 Å². The summed E-state index contributed by atoms with van der Waals surface area (Å²) < 4.78 is 10.5. The summed E-state index contributed by atoms with van der Waals surface area (Å²) in [6.07, 6.45) is 3.00. The molecule has 1 fully saturated rings. The van der Waals surface area contributed by atoms with Gasteiger partial charge < -0.3 is 14.5 Å². The number of para-hydroxylation sites is 1. The standard InChI is InChI=1S/C16H17N3O4/c20-14(11-6-7-11)19-16-18-13(10-23-16)15(21)17-8-9-22-12-4-2-1-3-5-12/h1-5,10-11H,6-9H2,(H,17,21)(H,18,19,20). The van der Waals surface area contributed by atoms with Gasteiger partial charge in [0.2, 0.25) is 5.91 Å². The number of benzene rings is 1. The van der Waals surface area contributed by atoms with Crippen LogP contribution in [0.5, 0.6) is 5.75 Å². The van der Waals surface area contributed by atoms with Crippen LogP contribution in [0.15, 0.2) is 41.0 Å². The molecule has 1 aliphatic carbocycles. The molecular formula is C16H17N3O4. The van der Waals surface area contributed by atoms with Gasteiger partial charge in [-0.25, -0.2) is 0 Å². The molecule has 2 N–H and O–H groups in total. The lowest BCUT2D eigenvalue weighted by molar-refractivity contribution is -0.117. The third-order valence-electron chi connectivity index (χ3n) is 3.31. The lowest BCUT2D eigenvalue weighted by Crippen LogP contribution is -2.28. The number of nitrogens with zero attached hydrogens (tertiary/aromatic N) is 1. The molecule has 0 saturated heterocycles. The van der Waals surface area contributed by atoms with Crippen LogP contribution in [-0.2, 0) is 4.79 Å². The molecule has 1 aromatic heterocycles. The summed E-state index contributed by atoms with van der Waals surface area (Å²) in [5.41, 5.74) is 0.121. The average Bonchev–Trinajstić information content (AvgIpc) is 3.32. The predicted octanol–water partition coefficient (Wildman–Crippen LogP) is 1.83. The van der Waals surface area contributed by atoms with E-state index in [1.165, 1.54) is 6.26 Å². The van der Waals surface area contributed by atoms with E-state index < -0.39 is 0 Å². The summed E-state index contributed by atoms with van der Waals surface area (Å²) in [7, 11) is 0. The summed E-state index contributed by atoms with van der Waals surface area (Å²) in [5.74, 6) is 0.301. The van der Waals surface area contributed by atoms with Crippen molar-refractivity contribution in [3.63, 3.8) is 0 Å². The fourth-order valence-electron chi connectivity index (χ4n) is 1.93. The maximum atomic E-state index is 11.9. The molecule has 7 heteroatoms. The number of carbonyl (C=O) groups is 2. The zero-order chi connectivity index (χ0) is 16.1. The first kappa shape index (κ1) is 15.1. The molecule has 0 unspecified atom stereocenters. The number of hydrogen-bond donors (Lipinski definition) is 2. The number of rotatable bonds is 7. The summed E-state index contributed by atoms with van der Waals surface area (Å²) >= 11 is 0. The molecule has 1 heterocycles. The molecule has 1 aromatic carbocycles. The van der Waals surface area contributed by atoms with E-state index in [2.05, 4.69) is 15.6 Å². The molecule has 23 heavy (non-hydrogen) atoms. The molecule has 7 nitrogen and oxygen atoms in total. The Kier molecular flexibility index (Phi) is 4.56. The fraction of sp³-hybridized carbons (Fsp3) is 0.312. The Morgan fingerprint density at radius 3 is 2.78 bits per heavy atom. The third-order valence-corrected chi connectivity index (χ3v) is 3.31. The van der Waals surface area contributed by atoms with Gasteiger partial charge in [-0.3, -0.25) is 14.9 Å². The lowest BCUT2D eigenvalue weighted by atomic mass is 10.3. The van der Waals surface area contributed by atoms with Crippen molar-refractivity contribution in [3.8, 4) is 5.75 Å². The van der Waals surface area contributed by atoms with Crippen molar-refractivity contribution >= 4 is 17.8 Å². The maximum Gasteiger partial charge on any atom is 0.302 e. The summed E-state index contributed by atoms with van der Waals surface area (Å²) in [6.45, 7) is 0.684. The molecule has 0 radical (unpaired) electrons. The van der Waals surface area contributed by atoms with Crippen LogP contribution in [-0.4, -0.2) is 29.9 Å². The number of aromatic nitrogens is 1. The molecular weight excluding hydrogens is 298 g/mol. The minimum Gasteiger partial charge on any atom is -0.492 e. The van der Waals surface area contributed by atoms with Gasteiger partial charge in [0, 0.05) is 5.92 Å². The third kappa shape index (κ3) is 4.32. The number of anilines is 1. The molecule has 2 amide bonds. The molecule has 120 valence electrons. The van der Waals surface area contributed by atoms with Gasteiger partial charge in [-0.05, 0) is 25.0 Å². The Labute approximate surface area is 133 Å². The largest absolute Gasteiger partial charge is 0.492 e. The first-order valence-corrected chi connectivity index (χ1v) is 7.45. The van der Waals surface area contributed by atoms with Crippen molar-refractivity contribution in [1.29, 1.82) is 0 Å². The van der Waals surface area contributed by atoms with E-state index in [4.69, 9.17) is 9.15 Å². The second-order valence-corrected chi connectivity index (χ2v) is 5.22. The van der Waals surface area contributed by atoms with Gasteiger partial charge in [0.25, 0.3) is 5.91 Å². The van der Waals surface area contributed by atoms with Crippen molar-refractivity contribution in [3.05, 3.63) is 42.3 Å². The average molecular weight is 315 g/mol. The van der Waals surface area contributed by atoms with Gasteiger partial charge in [-0.1, -0.05) is 18.2 Å². The highest BCUT2D eigenvalue weighted by atomic mass is 16.5. The number of nitrogens with one attached hydrogen (secondary N) is 2. The van der Waals surface area contributed by atoms with Crippen molar-refractivity contribution < 1.29 is 18.7 Å². The van der Waals surface area contributed by atoms with Crippen LogP contribution in [0.3, 0.4) is 0 Å². The van der Waals surface area contributed by atoms with Gasteiger partial charge in [-0.15, -0.1) is 0 Å². The SMILES string of the molecule is O=C(NCCOc1ccccc1)c1coc(NC(=O)C2CC2)n1. The minimum absolute atomic E-state index is 0.0487. The first-order valence-electron chi connectivity index (χ1n) is 7.45. The molecule has 0 aliphatic heterocycles. The van der Waals surface area contributed by atoms with Crippen molar-refractivity contribution in [2.75, 3.05) is 18.5 Å². The van der Waals surface area contributed by atoms with Crippen LogP contribution in [0.1, 0.15) is 23.3 Å². The quantitative estimate of drug-likeness (QED) is 0.760. The number of oxazole rings is 1. The zero-order valence-electron chi connectivity index (χ0n) is 12.5. The van der Waals surface area contributed by atoms with Gasteiger partial charge in [-0.2, -0.15) is 4.98 Å². The first-order chi connectivity index (χ1) is 11.2. The fourth-order valence-corrected chi connectivity index (χ4v) is 1.93. The normalized spacial score (nSPS) is 13.4. The number of carbonyl (C=O) groups excluding carboxylic acids is 2. The Morgan fingerprint density at radius 2 is 2.04 bits per heavy atom. The highest BCUT2D eigenvalue weighted by Gasteiger charge is 2.30. The molecule has 1 saturated carbocycles. The molecule has 0 atom stereocenters. The Hall–Kier alpha value is -2.83. The highest BCUT2D eigenvalue weighted by Crippen LogP contribution is 2.30. The zero-order valence-corrected chi connectivity index (χ0v) is 12.5. The number of ether oxygens (including phenoxy) is 1. The van der Waals surface area contributed by atoms with Crippen LogP contribution in [0.2, 0.25) is 0 Å². The van der Waals surface area contributed by atoms with E-state index in [-0.39, 0.29) is 29.4 Å². The highest BCUT2D eigenvalue weighted by molar-refractivity contribution is 5.94. The van der Waals surface area contributed by atoms with E-state index in [1.807, 2.05) is 30.3 Å². The van der Waals surface area contributed by atoms with Crippen molar-refractivity contribution in [2.45, 2.75) is 12.8 Å². The number of amides is 2. The maximum absolute atomic E-state index is 11.9. The van der Waals surface area contributed by atoms with E-state index in [0.29, 0.717) is 13.2 Å². The molecule has 0 spiro atoms. The Bertz CT molecular complexity index is 680. The molecule has 1 aliphatic rings. The van der Waals surface area contributed by atoms with Crippen LogP contribution >= 0.6 is 0 Å². The van der Waals surface area contributed by atoms with Gasteiger partial charge in [0.1, 0.15) is 18.6 Å². The van der Waals surface area contributed by atoms with Crippen molar-refractivity contribution in [1.82, 2.24) is 10.3 Å². The molecule has 3 rings (SSSR count). The van der Waals surface area contributed by atoms with Crippen LogP contribution in [0, 0.1) is 5.92 Å². The topological polar surface area (TPSA) is 93.5 Å². The monoisotopic (exact) mass is 315 g/mol. The van der Waals surface area contributed by atoms with Crippen LogP contribution < -0.4 is 15.4 Å². The van der Waals surface area contributed by atoms with Gasteiger partial charge in [0.05, 0.1) is 6.54 Å². The predicted molar refractivity (Wildman–Crippen MR) is 82.1 cm³/mol. The number of hydrogen-bond acceptors (Lipinski definition) is 5. The minimum atomic E-state index is -0.377. The van der Waals surface area contributed by atoms with E-state index in [1.54, 1.807) is 0 Å². The van der Waals surface area contributed by atoms with E-state index >= 15 is 0 Å². The van der Waals surface area contributed by atoms with E-state index in [0.717, 1.165) is 18.6 Å². The lowest BCUT2D eigenvalue weighted by Gasteiger charge is -2.06. The second kappa shape index (κ2) is 6.95. The Morgan fingerprint density at radius 1 is 1.26 bits per heavy atom.